The minimum Gasteiger partial charge on any atom is -0.494 e. The van der Waals surface area contributed by atoms with E-state index < -0.39 is 0 Å². The van der Waals surface area contributed by atoms with E-state index in [0.717, 1.165) is 55.1 Å². The smallest absolute Gasteiger partial charge is 0.258 e. The molecule has 1 aromatic heterocycles. The molecule has 4 rings (SSSR count). The number of rotatable bonds is 6. The highest BCUT2D eigenvalue weighted by Crippen LogP contribution is 2.25. The number of nitrogens with zero attached hydrogens (tertiary/aromatic N) is 4. The molecule has 0 saturated carbocycles. The van der Waals surface area contributed by atoms with Crippen molar-refractivity contribution in [3.05, 3.63) is 62.9 Å². The summed E-state index contributed by atoms with van der Waals surface area (Å²) in [6.07, 6.45) is 1.59. The molecule has 0 amide bonds. The number of anilines is 1. The van der Waals surface area contributed by atoms with Gasteiger partial charge in [0.1, 0.15) is 0 Å². The molecule has 0 radical (unpaired) electrons. The van der Waals surface area contributed by atoms with E-state index in [4.69, 9.17) is 0 Å². The van der Waals surface area contributed by atoms with Crippen molar-refractivity contribution in [3.8, 4) is 5.88 Å². The molecule has 0 spiro atoms. The van der Waals surface area contributed by atoms with Crippen LogP contribution >= 0.6 is 15.9 Å². The normalized spacial score (nSPS) is 15.6. The van der Waals surface area contributed by atoms with Crippen LogP contribution < -0.4 is 10.5 Å². The van der Waals surface area contributed by atoms with Gasteiger partial charge in [0.25, 0.3) is 5.56 Å². The first kappa shape index (κ1) is 22.5. The minimum atomic E-state index is -0.328. The number of aromatic nitrogens is 1. The summed E-state index contributed by atoms with van der Waals surface area (Å²) in [4.78, 5) is 26.3. The van der Waals surface area contributed by atoms with Gasteiger partial charge in [-0.25, -0.2) is 0 Å². The van der Waals surface area contributed by atoms with Crippen LogP contribution in [0.5, 0.6) is 5.88 Å². The molecular weight excluding hydrogens is 470 g/mol. The summed E-state index contributed by atoms with van der Waals surface area (Å²) in [5.74, 6) is -0.190. The van der Waals surface area contributed by atoms with Crippen LogP contribution in [0.15, 0.2) is 56.7 Å². The summed E-state index contributed by atoms with van der Waals surface area (Å²) in [6, 6.07) is 13.4. The number of hydrogen-bond acceptors (Lipinski definition) is 6. The molecule has 1 aliphatic heterocycles. The third-order valence-corrected chi connectivity index (χ3v) is 6.48. The first-order valence-electron chi connectivity index (χ1n) is 10.7. The Morgan fingerprint density at radius 3 is 2.56 bits per heavy atom. The second kappa shape index (κ2) is 9.85. The first-order chi connectivity index (χ1) is 15.4. The molecule has 0 bridgehead atoms. The zero-order valence-corrected chi connectivity index (χ0v) is 20.0. The number of pyridine rings is 1. The van der Waals surface area contributed by atoms with Crippen molar-refractivity contribution >= 4 is 44.3 Å². The molecule has 1 saturated heterocycles. The average Bonchev–Trinajstić information content (AvgIpc) is 2.78. The molecule has 3 aromatic rings. The number of hydrogen-bond donors (Lipinski definition) is 2. The van der Waals surface area contributed by atoms with Crippen LogP contribution in [-0.4, -0.2) is 79.5 Å². The van der Waals surface area contributed by atoms with Crippen LogP contribution in [0, 0.1) is 0 Å². The Kier molecular flexibility index (Phi) is 6.93. The number of H-pyrrole nitrogens is 1. The number of aromatic hydroxyl groups is 1. The van der Waals surface area contributed by atoms with Crippen LogP contribution in [0.25, 0.3) is 10.8 Å². The number of aromatic amines is 1. The molecule has 2 N–H and O–H groups in total. The molecule has 2 aromatic carbocycles. The van der Waals surface area contributed by atoms with E-state index in [1.807, 2.05) is 18.2 Å². The third kappa shape index (κ3) is 5.20. The summed E-state index contributed by atoms with van der Waals surface area (Å²) in [5, 5.41) is 11.4. The summed E-state index contributed by atoms with van der Waals surface area (Å²) in [5.41, 5.74) is 2.06. The number of fused-ring (bicyclic) bond motifs is 1. The quantitative estimate of drug-likeness (QED) is 0.510. The van der Waals surface area contributed by atoms with E-state index >= 15 is 0 Å². The van der Waals surface area contributed by atoms with Crippen molar-refractivity contribution in [1.82, 2.24) is 14.8 Å². The van der Waals surface area contributed by atoms with Gasteiger partial charge >= 0.3 is 0 Å². The van der Waals surface area contributed by atoms with Crippen LogP contribution in [0.2, 0.25) is 0 Å². The van der Waals surface area contributed by atoms with Crippen molar-refractivity contribution in [3.63, 3.8) is 0 Å². The molecule has 168 valence electrons. The molecule has 1 aliphatic rings. The first-order valence-corrected chi connectivity index (χ1v) is 11.5. The number of aliphatic imine (C=N–C) groups is 1. The zero-order valence-electron chi connectivity index (χ0n) is 18.4. The van der Waals surface area contributed by atoms with Crippen LogP contribution in [0.3, 0.4) is 0 Å². The van der Waals surface area contributed by atoms with E-state index in [-0.39, 0.29) is 11.4 Å². The van der Waals surface area contributed by atoms with Gasteiger partial charge in [-0.2, -0.15) is 0 Å². The van der Waals surface area contributed by atoms with Crippen molar-refractivity contribution in [1.29, 1.82) is 0 Å². The maximum Gasteiger partial charge on any atom is 0.258 e. The largest absolute Gasteiger partial charge is 0.494 e. The fraction of sp³-hybridized carbons (Fsp3) is 0.333. The Bertz CT molecular complexity index is 1170. The molecule has 8 heteroatoms. The number of nitrogens with one attached hydrogen (secondary N) is 1. The van der Waals surface area contributed by atoms with Crippen LogP contribution in [-0.2, 0) is 0 Å². The van der Waals surface area contributed by atoms with E-state index in [1.54, 1.807) is 18.3 Å². The SMILES string of the molecule is CN1CCN(CCN(C)c2ccc(N=Cc3c(O)[nH]c(=O)c4ccc(Br)cc34)cc2)CC1. The van der Waals surface area contributed by atoms with E-state index in [2.05, 4.69) is 66.8 Å². The lowest BCUT2D eigenvalue weighted by molar-refractivity contribution is 0.157. The van der Waals surface area contributed by atoms with Gasteiger partial charge in [0.15, 0.2) is 0 Å². The van der Waals surface area contributed by atoms with Gasteiger partial charge in [0.2, 0.25) is 5.88 Å². The second-order valence-electron chi connectivity index (χ2n) is 8.25. The Balaban J connectivity index is 1.45. The molecule has 7 nitrogen and oxygen atoms in total. The van der Waals surface area contributed by atoms with E-state index in [9.17, 15) is 9.90 Å². The topological polar surface area (TPSA) is 75.2 Å². The maximum absolute atomic E-state index is 12.1. The molecule has 1 fully saturated rings. The number of likely N-dealkylation sites (N-methyl/N-ethyl adjacent to an activating group) is 2. The molecule has 0 unspecified atom stereocenters. The van der Waals surface area contributed by atoms with Gasteiger partial charge in [0.05, 0.1) is 11.3 Å². The lowest BCUT2D eigenvalue weighted by Crippen LogP contribution is -2.46. The summed E-state index contributed by atoms with van der Waals surface area (Å²) in [6.45, 7) is 6.54. The van der Waals surface area contributed by atoms with Gasteiger partial charge in [-0.15, -0.1) is 0 Å². The lowest BCUT2D eigenvalue weighted by atomic mass is 10.1. The predicted octanol–water partition coefficient (Wildman–Crippen LogP) is 3.43. The Morgan fingerprint density at radius 1 is 1.12 bits per heavy atom. The summed E-state index contributed by atoms with van der Waals surface area (Å²) in [7, 11) is 4.28. The fourth-order valence-electron chi connectivity index (χ4n) is 3.86. The Hall–Kier alpha value is -2.68. The highest BCUT2D eigenvalue weighted by atomic mass is 79.9. The van der Waals surface area contributed by atoms with Crippen LogP contribution in [0.4, 0.5) is 11.4 Å². The van der Waals surface area contributed by atoms with E-state index in [0.29, 0.717) is 16.3 Å². The van der Waals surface area contributed by atoms with Crippen molar-refractivity contribution in [2.24, 2.45) is 4.99 Å². The summed E-state index contributed by atoms with van der Waals surface area (Å²) < 4.78 is 0.827. The molecule has 2 heterocycles. The van der Waals surface area contributed by atoms with Crippen molar-refractivity contribution in [2.45, 2.75) is 0 Å². The van der Waals surface area contributed by atoms with Crippen LogP contribution in [0.1, 0.15) is 5.56 Å². The van der Waals surface area contributed by atoms with Crippen molar-refractivity contribution < 1.29 is 5.11 Å². The molecule has 32 heavy (non-hydrogen) atoms. The van der Waals surface area contributed by atoms with Crippen molar-refractivity contribution in [2.75, 3.05) is 58.3 Å². The Morgan fingerprint density at radius 2 is 1.84 bits per heavy atom. The summed E-state index contributed by atoms with van der Waals surface area (Å²) >= 11 is 3.43. The average molecular weight is 498 g/mol. The number of halogens is 1. The van der Waals surface area contributed by atoms with Gasteiger partial charge in [-0.05, 0) is 49.5 Å². The molecular formula is C24H28BrN5O2. The predicted molar refractivity (Wildman–Crippen MR) is 135 cm³/mol. The zero-order chi connectivity index (χ0) is 22.7. The maximum atomic E-state index is 12.1. The monoisotopic (exact) mass is 497 g/mol. The van der Waals surface area contributed by atoms with Gasteiger partial charge in [0, 0.05) is 73.5 Å². The standard InChI is InChI=1S/C24H28BrN5O2/c1-28-9-12-30(13-10-28)14-11-29(2)19-6-4-18(5-7-19)26-16-22-21-15-17(25)3-8-20(21)23(31)27-24(22)32/h3-8,15-16H,9-14H2,1-2H3,(H2,27,31,32). The van der Waals surface area contributed by atoms with Gasteiger partial charge in [-0.3, -0.25) is 19.7 Å². The number of benzene rings is 2. The molecule has 0 aliphatic carbocycles. The third-order valence-electron chi connectivity index (χ3n) is 5.98. The van der Waals surface area contributed by atoms with E-state index in [1.165, 1.54) is 0 Å². The second-order valence-corrected chi connectivity index (χ2v) is 9.16. The fourth-order valence-corrected chi connectivity index (χ4v) is 4.22. The highest BCUT2D eigenvalue weighted by molar-refractivity contribution is 9.10. The van der Waals surface area contributed by atoms with Gasteiger partial charge in [-0.1, -0.05) is 15.9 Å². The molecule has 0 atom stereocenters. The number of piperazine rings is 1. The Labute approximate surface area is 196 Å². The minimum absolute atomic E-state index is 0.190. The van der Waals surface area contributed by atoms with Gasteiger partial charge < -0.3 is 14.9 Å². The lowest BCUT2D eigenvalue weighted by Gasteiger charge is -2.33. The highest BCUT2D eigenvalue weighted by Gasteiger charge is 2.14.